The minimum atomic E-state index is 0.117. The fourth-order valence-electron chi connectivity index (χ4n) is 2.42. The van der Waals surface area contributed by atoms with Gasteiger partial charge in [-0.3, -0.25) is 0 Å². The molecule has 0 amide bonds. The van der Waals surface area contributed by atoms with Crippen molar-refractivity contribution in [2.24, 2.45) is 0 Å². The molecule has 1 rings (SSSR count). The Labute approximate surface area is 142 Å². The highest BCUT2D eigenvalue weighted by Crippen LogP contribution is 2.28. The van der Waals surface area contributed by atoms with Crippen LogP contribution in [-0.2, 0) is 4.74 Å². The van der Waals surface area contributed by atoms with Gasteiger partial charge in [-0.2, -0.15) is 0 Å². The second-order valence-electron chi connectivity index (χ2n) is 6.07. The van der Waals surface area contributed by atoms with Gasteiger partial charge < -0.3 is 14.9 Å². The zero-order chi connectivity index (χ0) is 17.7. The molecule has 3 nitrogen and oxygen atoms in total. The standard InChI is InChI=1S/C18H28O2.C2H6O/c1-4-5-6-7-8-9-10-14(2)15(3)16-11-17(19)13-18(20)12-16;1-3-2/h11-13,19-20H,4-10H2,1-3H3;1-2H3. The molecular formula is C20H34O3. The summed E-state index contributed by atoms with van der Waals surface area (Å²) in [6.07, 6.45) is 8.91. The molecule has 0 heterocycles. The van der Waals surface area contributed by atoms with Crippen molar-refractivity contribution >= 4 is 5.57 Å². The Morgan fingerprint density at radius 1 is 0.870 bits per heavy atom. The smallest absolute Gasteiger partial charge is 0.119 e. The number of ether oxygens (including phenoxy) is 1. The van der Waals surface area contributed by atoms with E-state index >= 15 is 0 Å². The van der Waals surface area contributed by atoms with Gasteiger partial charge in [0.25, 0.3) is 0 Å². The van der Waals surface area contributed by atoms with E-state index in [4.69, 9.17) is 0 Å². The lowest BCUT2D eigenvalue weighted by molar-refractivity contribution is 0.277. The Morgan fingerprint density at radius 2 is 1.35 bits per heavy atom. The molecule has 0 aliphatic carbocycles. The molecule has 2 N–H and O–H groups in total. The minimum Gasteiger partial charge on any atom is -0.508 e. The Balaban J connectivity index is 0.00000149. The number of methoxy groups -OCH3 is 1. The van der Waals surface area contributed by atoms with E-state index in [9.17, 15) is 10.2 Å². The topological polar surface area (TPSA) is 49.7 Å². The van der Waals surface area contributed by atoms with Crippen LogP contribution in [0.1, 0.15) is 71.3 Å². The molecule has 1 aromatic rings. The number of hydrogen-bond acceptors (Lipinski definition) is 3. The number of phenols is 2. The lowest BCUT2D eigenvalue weighted by Crippen LogP contribution is -1.87. The van der Waals surface area contributed by atoms with E-state index in [2.05, 4.69) is 25.5 Å². The third kappa shape index (κ3) is 10.0. The highest BCUT2D eigenvalue weighted by molar-refractivity contribution is 5.68. The number of allylic oxidation sites excluding steroid dienone is 2. The van der Waals surface area contributed by atoms with Crippen LogP contribution in [0, 0.1) is 0 Å². The first-order valence-electron chi connectivity index (χ1n) is 8.56. The highest BCUT2D eigenvalue weighted by Gasteiger charge is 2.04. The third-order valence-corrected chi connectivity index (χ3v) is 3.88. The number of unbranched alkanes of at least 4 members (excludes halogenated alkanes) is 5. The molecule has 0 aromatic heterocycles. The maximum atomic E-state index is 9.54. The fourth-order valence-corrected chi connectivity index (χ4v) is 2.42. The van der Waals surface area contributed by atoms with Crippen molar-refractivity contribution in [1.82, 2.24) is 0 Å². The summed E-state index contributed by atoms with van der Waals surface area (Å²) in [5, 5.41) is 19.1. The van der Waals surface area contributed by atoms with Crippen LogP contribution in [0.15, 0.2) is 23.8 Å². The summed E-state index contributed by atoms with van der Waals surface area (Å²) in [6, 6.07) is 4.78. The van der Waals surface area contributed by atoms with Gasteiger partial charge in [-0.1, -0.05) is 44.6 Å². The van der Waals surface area contributed by atoms with E-state index in [1.54, 1.807) is 26.4 Å². The van der Waals surface area contributed by atoms with Gasteiger partial charge in [-0.25, -0.2) is 0 Å². The molecule has 23 heavy (non-hydrogen) atoms. The first-order chi connectivity index (χ1) is 11.0. The summed E-state index contributed by atoms with van der Waals surface area (Å²) in [5.41, 5.74) is 3.40. The SMILES string of the molecule is CCCCCCCCC(C)=C(C)c1cc(O)cc(O)c1.COC. The fraction of sp³-hybridized carbons (Fsp3) is 0.600. The van der Waals surface area contributed by atoms with Crippen molar-refractivity contribution in [3.63, 3.8) is 0 Å². The van der Waals surface area contributed by atoms with Crippen LogP contribution in [0.2, 0.25) is 0 Å². The average molecular weight is 322 g/mol. The number of rotatable bonds is 8. The molecule has 132 valence electrons. The molecule has 0 bridgehead atoms. The van der Waals surface area contributed by atoms with E-state index in [-0.39, 0.29) is 11.5 Å². The number of aromatic hydroxyl groups is 2. The summed E-state index contributed by atoms with van der Waals surface area (Å²) in [6.45, 7) is 6.43. The van der Waals surface area contributed by atoms with Crippen molar-refractivity contribution in [3.05, 3.63) is 29.3 Å². The summed E-state index contributed by atoms with van der Waals surface area (Å²) >= 11 is 0. The molecule has 1 aromatic carbocycles. The quantitative estimate of drug-likeness (QED) is 0.585. The monoisotopic (exact) mass is 322 g/mol. The highest BCUT2D eigenvalue weighted by atomic mass is 16.4. The van der Waals surface area contributed by atoms with E-state index in [0.717, 1.165) is 17.6 Å². The van der Waals surface area contributed by atoms with Crippen LogP contribution < -0.4 is 0 Å². The van der Waals surface area contributed by atoms with Gasteiger partial charge in [0.1, 0.15) is 11.5 Å². The second kappa shape index (κ2) is 13.0. The molecule has 0 spiro atoms. The van der Waals surface area contributed by atoms with E-state index < -0.39 is 0 Å². The molecule has 0 aliphatic heterocycles. The summed E-state index contributed by atoms with van der Waals surface area (Å²) in [7, 11) is 3.25. The second-order valence-corrected chi connectivity index (χ2v) is 6.07. The van der Waals surface area contributed by atoms with Gasteiger partial charge in [0.15, 0.2) is 0 Å². The molecule has 0 saturated heterocycles. The third-order valence-electron chi connectivity index (χ3n) is 3.88. The van der Waals surface area contributed by atoms with Crippen LogP contribution >= 0.6 is 0 Å². The van der Waals surface area contributed by atoms with Gasteiger partial charge in [0.2, 0.25) is 0 Å². The molecule has 0 radical (unpaired) electrons. The number of benzene rings is 1. The zero-order valence-corrected chi connectivity index (χ0v) is 15.5. The molecular weight excluding hydrogens is 288 g/mol. The van der Waals surface area contributed by atoms with Gasteiger partial charge >= 0.3 is 0 Å². The molecule has 0 aliphatic rings. The first-order valence-corrected chi connectivity index (χ1v) is 8.56. The normalized spacial score (nSPS) is 11.5. The van der Waals surface area contributed by atoms with E-state index in [0.29, 0.717) is 0 Å². The lowest BCUT2D eigenvalue weighted by Gasteiger charge is -2.09. The van der Waals surface area contributed by atoms with Gasteiger partial charge in [0.05, 0.1) is 0 Å². The van der Waals surface area contributed by atoms with Gasteiger partial charge in [-0.05, 0) is 50.0 Å². The minimum absolute atomic E-state index is 0.117. The van der Waals surface area contributed by atoms with Crippen molar-refractivity contribution in [2.45, 2.75) is 65.7 Å². The van der Waals surface area contributed by atoms with Gasteiger partial charge in [0, 0.05) is 20.3 Å². The van der Waals surface area contributed by atoms with Crippen LogP contribution in [0.3, 0.4) is 0 Å². The van der Waals surface area contributed by atoms with Gasteiger partial charge in [-0.15, -0.1) is 0 Å². The Bertz CT molecular complexity index is 444. The van der Waals surface area contributed by atoms with Crippen molar-refractivity contribution < 1.29 is 14.9 Å². The van der Waals surface area contributed by atoms with Crippen LogP contribution in [0.4, 0.5) is 0 Å². The predicted molar refractivity (Wildman–Crippen MR) is 99.0 cm³/mol. The maximum absolute atomic E-state index is 9.54. The summed E-state index contributed by atoms with van der Waals surface area (Å²) in [5.74, 6) is 0.235. The number of phenolic OH excluding ortho intramolecular Hbond substituents is 2. The van der Waals surface area contributed by atoms with E-state index in [1.165, 1.54) is 50.2 Å². The van der Waals surface area contributed by atoms with E-state index in [1.807, 2.05) is 0 Å². The molecule has 0 unspecified atom stereocenters. The Morgan fingerprint density at radius 3 is 1.87 bits per heavy atom. The van der Waals surface area contributed by atoms with Crippen LogP contribution in [0.5, 0.6) is 11.5 Å². The van der Waals surface area contributed by atoms with Crippen molar-refractivity contribution in [1.29, 1.82) is 0 Å². The predicted octanol–water partition coefficient (Wildman–Crippen LogP) is 5.90. The van der Waals surface area contributed by atoms with Crippen molar-refractivity contribution in [3.8, 4) is 11.5 Å². The Kier molecular flexibility index (Phi) is 12.2. The van der Waals surface area contributed by atoms with Crippen LogP contribution in [-0.4, -0.2) is 24.4 Å². The molecule has 3 heteroatoms. The summed E-state index contributed by atoms with van der Waals surface area (Å²) in [4.78, 5) is 0. The maximum Gasteiger partial charge on any atom is 0.119 e. The molecule has 0 fully saturated rings. The first kappa shape index (κ1) is 21.5. The largest absolute Gasteiger partial charge is 0.508 e. The van der Waals surface area contributed by atoms with Crippen molar-refractivity contribution in [2.75, 3.05) is 14.2 Å². The summed E-state index contributed by atoms with van der Waals surface area (Å²) < 4.78 is 4.25. The zero-order valence-electron chi connectivity index (χ0n) is 15.5. The van der Waals surface area contributed by atoms with Crippen LogP contribution in [0.25, 0.3) is 5.57 Å². The molecule has 0 saturated carbocycles. The lowest BCUT2D eigenvalue weighted by atomic mass is 9.97. The Hall–Kier alpha value is -1.48. The average Bonchev–Trinajstić information content (AvgIpc) is 2.49. The number of hydrogen-bond donors (Lipinski definition) is 2. The molecule has 0 atom stereocenters.